The predicted octanol–water partition coefficient (Wildman–Crippen LogP) is 3.99. The van der Waals surface area contributed by atoms with Crippen LogP contribution in [0, 0.1) is 0 Å². The van der Waals surface area contributed by atoms with Gasteiger partial charge in [-0.25, -0.2) is 9.59 Å². The van der Waals surface area contributed by atoms with Gasteiger partial charge in [0.05, 0.1) is 16.3 Å². The number of halogens is 1. The third-order valence-corrected chi connectivity index (χ3v) is 3.78. The number of benzene rings is 2. The summed E-state index contributed by atoms with van der Waals surface area (Å²) in [6.07, 6.45) is 1.70. The quantitative estimate of drug-likeness (QED) is 0.416. The molecule has 0 aromatic heterocycles. The molecule has 0 unspecified atom stereocenters. The van der Waals surface area contributed by atoms with E-state index in [1.54, 1.807) is 30.3 Å². The third kappa shape index (κ3) is 5.21. The molecule has 0 radical (unpaired) electrons. The van der Waals surface area contributed by atoms with E-state index in [4.69, 9.17) is 4.74 Å². The summed E-state index contributed by atoms with van der Waals surface area (Å²) in [5.74, 6) is -0.774. The van der Waals surface area contributed by atoms with E-state index in [0.717, 1.165) is 11.1 Å². The molecule has 0 saturated carbocycles. The van der Waals surface area contributed by atoms with E-state index >= 15 is 0 Å². The molecule has 2 aromatic rings. The van der Waals surface area contributed by atoms with Gasteiger partial charge in [-0.05, 0) is 51.9 Å². The van der Waals surface area contributed by atoms with Crippen LogP contribution in [0.2, 0.25) is 0 Å². The maximum Gasteiger partial charge on any atom is 0.344 e. The van der Waals surface area contributed by atoms with Crippen molar-refractivity contribution in [3.63, 3.8) is 0 Å². The van der Waals surface area contributed by atoms with Gasteiger partial charge in [0.2, 0.25) is 0 Å². The van der Waals surface area contributed by atoms with Crippen molar-refractivity contribution in [3.8, 4) is 0 Å². The zero-order chi connectivity index (χ0) is 16.7. The van der Waals surface area contributed by atoms with Crippen molar-refractivity contribution in [2.75, 3.05) is 7.11 Å². The molecule has 0 spiro atoms. The Morgan fingerprint density at radius 1 is 1.04 bits per heavy atom. The molecule has 0 heterocycles. The Bertz CT molecular complexity index is 706. The normalized spacial score (nSPS) is 11.0. The first-order valence-electron chi connectivity index (χ1n) is 6.87. The van der Waals surface area contributed by atoms with Crippen molar-refractivity contribution in [2.45, 2.75) is 6.61 Å². The van der Waals surface area contributed by atoms with E-state index in [1.165, 1.54) is 7.11 Å². The van der Waals surface area contributed by atoms with Crippen LogP contribution in [0.4, 0.5) is 0 Å². The van der Waals surface area contributed by atoms with Gasteiger partial charge in [-0.2, -0.15) is 0 Å². The molecule has 5 heteroatoms. The number of carbonyl (C=O) groups is 2. The van der Waals surface area contributed by atoms with Gasteiger partial charge in [0.1, 0.15) is 6.61 Å². The Balaban J connectivity index is 1.98. The first-order chi connectivity index (χ1) is 11.1. The fraction of sp³-hybridized carbons (Fsp3) is 0.111. The summed E-state index contributed by atoms with van der Waals surface area (Å²) >= 11 is 1.94. The van der Waals surface area contributed by atoms with Crippen LogP contribution in [0.5, 0.6) is 0 Å². The largest absolute Gasteiger partial charge is 0.465 e. The van der Waals surface area contributed by atoms with Gasteiger partial charge in [0.25, 0.3) is 0 Å². The van der Waals surface area contributed by atoms with Crippen molar-refractivity contribution in [2.24, 2.45) is 0 Å². The van der Waals surface area contributed by atoms with E-state index in [-0.39, 0.29) is 12.6 Å². The van der Waals surface area contributed by atoms with Crippen molar-refractivity contribution >= 4 is 40.6 Å². The second-order valence-electron chi connectivity index (χ2n) is 4.67. The molecule has 0 saturated heterocycles. The number of rotatable bonds is 5. The van der Waals surface area contributed by atoms with Crippen molar-refractivity contribution < 1.29 is 19.1 Å². The number of esters is 2. The average Bonchev–Trinajstić information content (AvgIpc) is 2.60. The smallest absolute Gasteiger partial charge is 0.344 e. The van der Waals surface area contributed by atoms with Crippen LogP contribution in [0.1, 0.15) is 21.5 Å². The van der Waals surface area contributed by atoms with Gasteiger partial charge in [0.15, 0.2) is 0 Å². The molecule has 118 valence electrons. The first-order valence-corrected chi connectivity index (χ1v) is 7.94. The highest BCUT2D eigenvalue weighted by molar-refractivity contribution is 14.1. The summed E-state index contributed by atoms with van der Waals surface area (Å²) in [4.78, 5) is 23.3. The molecular formula is C18H15IO4. The average molecular weight is 422 g/mol. The van der Waals surface area contributed by atoms with Crippen molar-refractivity contribution in [1.82, 2.24) is 0 Å². The second-order valence-corrected chi connectivity index (χ2v) is 5.83. The number of carbonyl (C=O) groups excluding carboxylic acids is 2. The summed E-state index contributed by atoms with van der Waals surface area (Å²) < 4.78 is 10.4. The number of hydrogen-bond donors (Lipinski definition) is 0. The molecule has 0 amide bonds. The summed E-state index contributed by atoms with van der Waals surface area (Å²) in [7, 11) is 1.34. The van der Waals surface area contributed by atoms with E-state index in [2.05, 4.69) is 4.74 Å². The molecule has 4 nitrogen and oxygen atoms in total. The van der Waals surface area contributed by atoms with E-state index in [1.807, 2.05) is 52.9 Å². The Morgan fingerprint density at radius 3 is 2.30 bits per heavy atom. The van der Waals surface area contributed by atoms with Gasteiger partial charge >= 0.3 is 11.9 Å². The van der Waals surface area contributed by atoms with Gasteiger partial charge in [0, 0.05) is 0 Å². The zero-order valence-electron chi connectivity index (χ0n) is 12.5. The lowest BCUT2D eigenvalue weighted by Gasteiger charge is -2.04. The highest BCUT2D eigenvalue weighted by Crippen LogP contribution is 2.16. The maximum absolute atomic E-state index is 12.0. The molecule has 23 heavy (non-hydrogen) atoms. The minimum Gasteiger partial charge on any atom is -0.465 e. The van der Waals surface area contributed by atoms with Crippen LogP contribution in [0.3, 0.4) is 0 Å². The summed E-state index contributed by atoms with van der Waals surface area (Å²) in [6.45, 7) is 0.237. The molecule has 0 N–H and O–H groups in total. The molecule has 2 aromatic carbocycles. The minimum absolute atomic E-state index is 0.237. The molecular weight excluding hydrogens is 407 g/mol. The summed E-state index contributed by atoms with van der Waals surface area (Å²) in [6, 6.07) is 16.3. The van der Waals surface area contributed by atoms with Gasteiger partial charge in [-0.15, -0.1) is 0 Å². The van der Waals surface area contributed by atoms with Crippen LogP contribution >= 0.6 is 22.6 Å². The lowest BCUT2D eigenvalue weighted by molar-refractivity contribution is -0.139. The summed E-state index contributed by atoms with van der Waals surface area (Å²) in [5, 5.41) is 0. The fourth-order valence-corrected chi connectivity index (χ4v) is 2.35. The van der Waals surface area contributed by atoms with Crippen LogP contribution in [0.15, 0.2) is 58.2 Å². The van der Waals surface area contributed by atoms with Crippen LogP contribution in [-0.2, 0) is 20.9 Å². The second kappa shape index (κ2) is 8.47. The number of methoxy groups -OCH3 is 1. The number of ether oxygens (including phenoxy) is 2. The Kier molecular flexibility index (Phi) is 6.34. The maximum atomic E-state index is 12.0. The van der Waals surface area contributed by atoms with Crippen LogP contribution in [0.25, 0.3) is 6.08 Å². The molecule has 2 rings (SSSR count). The zero-order valence-corrected chi connectivity index (χ0v) is 14.6. The SMILES string of the molecule is COC(=O)c1ccc(/C=C(/I)C(=O)OCc2ccccc2)cc1. The molecule has 0 fully saturated rings. The van der Waals surface area contributed by atoms with Gasteiger partial charge < -0.3 is 9.47 Å². The fourth-order valence-electron chi connectivity index (χ4n) is 1.83. The van der Waals surface area contributed by atoms with E-state index < -0.39 is 5.97 Å². The van der Waals surface area contributed by atoms with E-state index in [9.17, 15) is 9.59 Å². The lowest BCUT2D eigenvalue weighted by Crippen LogP contribution is -2.04. The topological polar surface area (TPSA) is 52.6 Å². The molecule has 0 aliphatic heterocycles. The lowest BCUT2D eigenvalue weighted by atomic mass is 10.1. The first kappa shape index (κ1) is 17.2. The molecule has 0 aliphatic rings. The molecule has 0 atom stereocenters. The Morgan fingerprint density at radius 2 is 1.70 bits per heavy atom. The van der Waals surface area contributed by atoms with Crippen molar-refractivity contribution in [3.05, 3.63) is 74.9 Å². The van der Waals surface area contributed by atoms with Gasteiger partial charge in [-0.1, -0.05) is 42.5 Å². The Labute approximate surface area is 148 Å². The molecule has 0 aliphatic carbocycles. The Hall–Kier alpha value is -2.15. The monoisotopic (exact) mass is 422 g/mol. The van der Waals surface area contributed by atoms with E-state index in [0.29, 0.717) is 9.14 Å². The van der Waals surface area contributed by atoms with Gasteiger partial charge in [-0.3, -0.25) is 0 Å². The number of hydrogen-bond acceptors (Lipinski definition) is 4. The molecule has 0 bridgehead atoms. The third-order valence-electron chi connectivity index (χ3n) is 3.03. The van der Waals surface area contributed by atoms with Crippen molar-refractivity contribution in [1.29, 1.82) is 0 Å². The predicted molar refractivity (Wildman–Crippen MR) is 96.0 cm³/mol. The van der Waals surface area contributed by atoms with Crippen LogP contribution in [-0.4, -0.2) is 19.0 Å². The van der Waals surface area contributed by atoms with Crippen LogP contribution < -0.4 is 0 Å². The minimum atomic E-state index is -0.391. The highest BCUT2D eigenvalue weighted by Gasteiger charge is 2.09. The highest BCUT2D eigenvalue weighted by atomic mass is 127. The summed E-state index contributed by atoms with van der Waals surface area (Å²) in [5.41, 5.74) is 2.21. The standard InChI is InChI=1S/C18H15IO4/c1-22-17(20)15-9-7-13(8-10-15)11-16(19)18(21)23-12-14-5-3-2-4-6-14/h2-11H,12H2,1H3/b16-11+.